The van der Waals surface area contributed by atoms with Crippen LogP contribution in [0, 0.1) is 11.6 Å². The number of amides is 1. The second-order valence-corrected chi connectivity index (χ2v) is 6.13. The van der Waals surface area contributed by atoms with Gasteiger partial charge in [-0.05, 0) is 36.4 Å². The fourth-order valence-electron chi connectivity index (χ4n) is 2.29. The zero-order chi connectivity index (χ0) is 17.8. The number of thiazole rings is 1. The topological polar surface area (TPSA) is 43.6 Å². The molecule has 0 saturated carbocycles. The van der Waals surface area contributed by atoms with Crippen LogP contribution in [0.1, 0.15) is 0 Å². The highest BCUT2D eigenvalue weighted by Gasteiger charge is 2.11. The van der Waals surface area contributed by atoms with Crippen LogP contribution in [0.3, 0.4) is 0 Å². The van der Waals surface area contributed by atoms with Crippen molar-refractivity contribution in [2.45, 2.75) is 6.54 Å². The van der Waals surface area contributed by atoms with Crippen molar-refractivity contribution >= 4 is 27.5 Å². The van der Waals surface area contributed by atoms with Crippen molar-refractivity contribution in [1.29, 1.82) is 0 Å². The third-order valence-electron chi connectivity index (χ3n) is 3.36. The lowest BCUT2D eigenvalue weighted by Crippen LogP contribution is -2.19. The number of allylic oxidation sites excluding steroid dienone is 1. The summed E-state index contributed by atoms with van der Waals surface area (Å²) in [5.41, 5.74) is 0.387. The molecular weight excluding hydrogens is 346 g/mol. The van der Waals surface area contributed by atoms with Crippen molar-refractivity contribution in [2.24, 2.45) is 4.99 Å². The van der Waals surface area contributed by atoms with Gasteiger partial charge in [0.2, 0.25) is 0 Å². The lowest BCUT2D eigenvalue weighted by molar-refractivity contribution is -0.120. The van der Waals surface area contributed by atoms with E-state index in [1.165, 1.54) is 41.7 Å². The molecule has 0 aliphatic heterocycles. The number of nitrogens with zero attached hydrogens (tertiary/aromatic N) is 2. The summed E-state index contributed by atoms with van der Waals surface area (Å²) in [7, 11) is 0. The number of para-hydroxylation sites is 1. The van der Waals surface area contributed by atoms with Gasteiger partial charge in [-0.3, -0.25) is 4.79 Å². The van der Waals surface area contributed by atoms with E-state index >= 15 is 0 Å². The number of carbonyl (C=O) groups excluding carboxylic acids is 1. The summed E-state index contributed by atoms with van der Waals surface area (Å²) in [6, 6.07) is 10.1. The molecule has 0 aliphatic carbocycles. The Morgan fingerprint density at radius 1 is 1.24 bits per heavy atom. The maximum absolute atomic E-state index is 14.1. The molecule has 0 N–H and O–H groups in total. The van der Waals surface area contributed by atoms with E-state index in [0.29, 0.717) is 27.3 Å². The first-order valence-electron chi connectivity index (χ1n) is 7.43. The number of rotatable bonds is 5. The predicted molar refractivity (Wildman–Crippen MR) is 92.4 cm³/mol. The smallest absolute Gasteiger partial charge is 0.286 e. The Morgan fingerprint density at radius 3 is 2.72 bits per heavy atom. The highest BCUT2D eigenvalue weighted by Crippen LogP contribution is 2.20. The van der Waals surface area contributed by atoms with E-state index in [2.05, 4.69) is 11.6 Å². The standard InChI is InChI=1S/C18H14F2N2O2S/c1-2-10-22-17-14(20)4-3-5-15(17)25-18(22)21-16(23)11-24-13-8-6-12(19)7-9-13/h2-9H,1,10-11H2. The maximum atomic E-state index is 14.1. The van der Waals surface area contributed by atoms with Crippen molar-refractivity contribution in [1.82, 2.24) is 4.57 Å². The zero-order valence-electron chi connectivity index (χ0n) is 13.1. The maximum Gasteiger partial charge on any atom is 0.286 e. The van der Waals surface area contributed by atoms with Gasteiger partial charge in [-0.1, -0.05) is 23.5 Å². The number of hydrogen-bond acceptors (Lipinski definition) is 3. The molecule has 0 saturated heterocycles. The lowest BCUT2D eigenvalue weighted by Gasteiger charge is -2.03. The molecule has 0 bridgehead atoms. The largest absolute Gasteiger partial charge is 0.484 e. The van der Waals surface area contributed by atoms with Crippen LogP contribution in [-0.4, -0.2) is 17.1 Å². The number of ether oxygens (including phenoxy) is 1. The number of fused-ring (bicyclic) bond motifs is 1. The number of carbonyl (C=O) groups is 1. The quantitative estimate of drug-likeness (QED) is 0.652. The van der Waals surface area contributed by atoms with Crippen LogP contribution < -0.4 is 9.54 Å². The van der Waals surface area contributed by atoms with E-state index in [9.17, 15) is 13.6 Å². The highest BCUT2D eigenvalue weighted by molar-refractivity contribution is 7.16. The molecule has 1 heterocycles. The minimum absolute atomic E-state index is 0.295. The monoisotopic (exact) mass is 360 g/mol. The van der Waals surface area contributed by atoms with Crippen LogP contribution in [0.4, 0.5) is 8.78 Å². The molecule has 0 radical (unpaired) electrons. The molecule has 0 spiro atoms. The average molecular weight is 360 g/mol. The molecule has 0 aliphatic rings. The van der Waals surface area contributed by atoms with Crippen LogP contribution in [0.2, 0.25) is 0 Å². The molecule has 1 amide bonds. The average Bonchev–Trinajstić information content (AvgIpc) is 2.93. The summed E-state index contributed by atoms with van der Waals surface area (Å²) < 4.78 is 34.5. The summed E-state index contributed by atoms with van der Waals surface area (Å²) >= 11 is 1.21. The van der Waals surface area contributed by atoms with Gasteiger partial charge < -0.3 is 9.30 Å². The molecule has 0 fully saturated rings. The molecule has 3 aromatic rings. The van der Waals surface area contributed by atoms with Crippen molar-refractivity contribution < 1.29 is 18.3 Å². The Labute approximate surface area is 146 Å². The molecule has 7 heteroatoms. The second kappa shape index (κ2) is 7.40. The third-order valence-corrected chi connectivity index (χ3v) is 4.40. The normalized spacial score (nSPS) is 11.7. The lowest BCUT2D eigenvalue weighted by atomic mass is 10.3. The van der Waals surface area contributed by atoms with Gasteiger partial charge in [-0.15, -0.1) is 6.58 Å². The van der Waals surface area contributed by atoms with E-state index in [1.807, 2.05) is 0 Å². The van der Waals surface area contributed by atoms with E-state index < -0.39 is 5.91 Å². The SMILES string of the molecule is C=CCn1c(=NC(=O)COc2ccc(F)cc2)sc2cccc(F)c21. The number of benzene rings is 2. The minimum Gasteiger partial charge on any atom is -0.484 e. The summed E-state index contributed by atoms with van der Waals surface area (Å²) in [4.78, 5) is 16.5. The Hall–Kier alpha value is -2.80. The Morgan fingerprint density at radius 2 is 2.00 bits per heavy atom. The summed E-state index contributed by atoms with van der Waals surface area (Å²) in [5.74, 6) is -0.923. The molecule has 4 nitrogen and oxygen atoms in total. The van der Waals surface area contributed by atoms with Crippen LogP contribution in [0.25, 0.3) is 10.2 Å². The first kappa shape index (κ1) is 17.0. The Bertz CT molecular complexity index is 990. The van der Waals surface area contributed by atoms with Gasteiger partial charge in [-0.25, -0.2) is 8.78 Å². The van der Waals surface area contributed by atoms with Gasteiger partial charge in [0.05, 0.1) is 10.2 Å². The number of aromatic nitrogens is 1. The third kappa shape index (κ3) is 3.83. The van der Waals surface area contributed by atoms with Gasteiger partial charge in [0, 0.05) is 6.54 Å². The van der Waals surface area contributed by atoms with Crippen molar-refractivity contribution in [3.8, 4) is 5.75 Å². The molecule has 2 aromatic carbocycles. The van der Waals surface area contributed by atoms with Gasteiger partial charge in [0.15, 0.2) is 11.4 Å². The van der Waals surface area contributed by atoms with E-state index in [-0.39, 0.29) is 18.2 Å². The second-order valence-electron chi connectivity index (χ2n) is 5.12. The zero-order valence-corrected chi connectivity index (χ0v) is 13.9. The molecule has 0 unspecified atom stereocenters. The van der Waals surface area contributed by atoms with Gasteiger partial charge in [0.25, 0.3) is 5.91 Å². The fraction of sp³-hybridized carbons (Fsp3) is 0.111. The van der Waals surface area contributed by atoms with Crippen LogP contribution in [-0.2, 0) is 11.3 Å². The summed E-state index contributed by atoms with van der Waals surface area (Å²) in [6.07, 6.45) is 1.61. The van der Waals surface area contributed by atoms with E-state index in [4.69, 9.17) is 4.74 Å². The fourth-order valence-corrected chi connectivity index (χ4v) is 3.36. The molecule has 128 valence electrons. The molecule has 0 atom stereocenters. The first-order chi connectivity index (χ1) is 12.1. The minimum atomic E-state index is -0.519. The molecule has 25 heavy (non-hydrogen) atoms. The van der Waals surface area contributed by atoms with Crippen molar-refractivity contribution in [3.05, 3.63) is 71.6 Å². The van der Waals surface area contributed by atoms with E-state index in [0.717, 1.165) is 0 Å². The molecule has 1 aromatic heterocycles. The van der Waals surface area contributed by atoms with Gasteiger partial charge in [0.1, 0.15) is 17.4 Å². The van der Waals surface area contributed by atoms with Crippen LogP contribution in [0.5, 0.6) is 5.75 Å². The molecule has 3 rings (SSSR count). The predicted octanol–water partition coefficient (Wildman–Crippen LogP) is 3.67. The Balaban J connectivity index is 1.88. The summed E-state index contributed by atoms with van der Waals surface area (Å²) in [6.45, 7) is 3.68. The number of hydrogen-bond donors (Lipinski definition) is 0. The van der Waals surface area contributed by atoms with E-state index in [1.54, 1.807) is 22.8 Å². The molecular formula is C18H14F2N2O2S. The van der Waals surface area contributed by atoms with Gasteiger partial charge >= 0.3 is 0 Å². The van der Waals surface area contributed by atoms with Crippen LogP contribution >= 0.6 is 11.3 Å². The van der Waals surface area contributed by atoms with Crippen LogP contribution in [0.15, 0.2) is 60.1 Å². The summed E-state index contributed by atoms with van der Waals surface area (Å²) in [5, 5.41) is 0. The van der Waals surface area contributed by atoms with Gasteiger partial charge in [-0.2, -0.15) is 4.99 Å². The van der Waals surface area contributed by atoms with Crippen molar-refractivity contribution in [2.75, 3.05) is 6.61 Å². The van der Waals surface area contributed by atoms with Crippen molar-refractivity contribution in [3.63, 3.8) is 0 Å². The number of halogens is 2. The Kier molecular flexibility index (Phi) is 5.04. The highest BCUT2D eigenvalue weighted by atomic mass is 32.1. The first-order valence-corrected chi connectivity index (χ1v) is 8.25.